The molecule has 0 atom stereocenters. The number of amides is 2. The van der Waals surface area contributed by atoms with Gasteiger partial charge in [-0.15, -0.1) is 0 Å². The molecule has 3 rings (SSSR count). The molecule has 10 heteroatoms. The predicted octanol–water partition coefficient (Wildman–Crippen LogP) is 6.24. The molecule has 0 aromatic heterocycles. The average molecular weight is 650 g/mol. The van der Waals surface area contributed by atoms with Gasteiger partial charge in [0.2, 0.25) is 0 Å². The first-order valence-corrected chi connectivity index (χ1v) is 12.9. The smallest absolute Gasteiger partial charge is 0.262 e. The third-order valence-electron chi connectivity index (χ3n) is 4.85. The van der Waals surface area contributed by atoms with Gasteiger partial charge in [-0.1, -0.05) is 53.5 Å². The number of carbonyl (C=O) groups excluding carboxylic acids is 2. The minimum Gasteiger partial charge on any atom is -0.490 e. The highest BCUT2D eigenvalue weighted by molar-refractivity contribution is 14.1. The van der Waals surface area contributed by atoms with Crippen LogP contribution in [0.3, 0.4) is 0 Å². The van der Waals surface area contributed by atoms with Crippen molar-refractivity contribution < 1.29 is 19.1 Å². The minimum atomic E-state index is -0.487. The summed E-state index contributed by atoms with van der Waals surface area (Å²) in [7, 11) is 0. The molecule has 2 N–H and O–H groups in total. The Bertz CT molecular complexity index is 1360. The summed E-state index contributed by atoms with van der Waals surface area (Å²) < 4.78 is 12.1. The van der Waals surface area contributed by atoms with Crippen LogP contribution in [0.1, 0.15) is 18.1 Å². The molecule has 0 heterocycles. The summed E-state index contributed by atoms with van der Waals surface area (Å²) in [6.07, 6.45) is 1.48. The van der Waals surface area contributed by atoms with E-state index in [2.05, 4.69) is 10.6 Å². The molecule has 7 nitrogen and oxygen atoms in total. The molecule has 3 aromatic rings. The van der Waals surface area contributed by atoms with E-state index in [0.717, 1.165) is 5.56 Å². The van der Waals surface area contributed by atoms with Gasteiger partial charge in [-0.3, -0.25) is 9.59 Å². The molecule has 0 saturated heterocycles. The lowest BCUT2D eigenvalue weighted by Gasteiger charge is -2.15. The van der Waals surface area contributed by atoms with Crippen LogP contribution in [0.25, 0.3) is 6.08 Å². The van der Waals surface area contributed by atoms with Crippen LogP contribution in [-0.2, 0) is 16.1 Å². The van der Waals surface area contributed by atoms with Crippen LogP contribution >= 0.6 is 45.8 Å². The number of nitriles is 1. The van der Waals surface area contributed by atoms with Crippen molar-refractivity contribution in [3.63, 3.8) is 0 Å². The number of halogens is 3. The SMILES string of the molecule is CCOc1cc(/C=C(\C#N)C(=O)NCc2ccccc2)cc(I)c1OCC(=O)Nc1ccc(Cl)c(Cl)c1. The molecule has 0 aliphatic heterocycles. The number of benzene rings is 3. The number of carbonyl (C=O) groups is 2. The lowest BCUT2D eigenvalue weighted by molar-refractivity contribution is -0.118. The molecule has 2 amide bonds. The van der Waals surface area contributed by atoms with Crippen molar-refractivity contribution in [2.45, 2.75) is 13.5 Å². The van der Waals surface area contributed by atoms with Crippen LogP contribution in [0, 0.1) is 14.9 Å². The predicted molar refractivity (Wildman–Crippen MR) is 153 cm³/mol. The van der Waals surface area contributed by atoms with Gasteiger partial charge in [0.15, 0.2) is 18.1 Å². The highest BCUT2D eigenvalue weighted by Gasteiger charge is 2.16. The first kappa shape index (κ1) is 28.3. The van der Waals surface area contributed by atoms with E-state index >= 15 is 0 Å². The van der Waals surface area contributed by atoms with Crippen LogP contribution in [0.5, 0.6) is 11.5 Å². The van der Waals surface area contributed by atoms with E-state index in [1.165, 1.54) is 6.08 Å². The third kappa shape index (κ3) is 8.39. The lowest BCUT2D eigenvalue weighted by Crippen LogP contribution is -2.23. The standard InChI is InChI=1S/C27H22Cl2IN3O4/c1-2-36-24-12-18(10-19(14-31)27(35)32-15-17-6-4-3-5-7-17)11-23(30)26(24)37-16-25(34)33-20-8-9-21(28)22(29)13-20/h3-13H,2,15-16H2,1H3,(H,32,35)(H,33,34)/b19-10+. The first-order chi connectivity index (χ1) is 17.8. The summed E-state index contributed by atoms with van der Waals surface area (Å²) >= 11 is 13.9. The minimum absolute atomic E-state index is 0.0520. The van der Waals surface area contributed by atoms with Gasteiger partial charge < -0.3 is 20.1 Å². The maximum absolute atomic E-state index is 12.6. The van der Waals surface area contributed by atoms with Crippen LogP contribution < -0.4 is 20.1 Å². The van der Waals surface area contributed by atoms with Crippen LogP contribution in [-0.4, -0.2) is 25.0 Å². The molecule has 0 saturated carbocycles. The molecule has 0 aliphatic carbocycles. The van der Waals surface area contributed by atoms with E-state index in [1.54, 1.807) is 30.3 Å². The van der Waals surface area contributed by atoms with Crippen molar-refractivity contribution >= 4 is 69.4 Å². The highest BCUT2D eigenvalue weighted by atomic mass is 127. The van der Waals surface area contributed by atoms with Gasteiger partial charge in [-0.25, -0.2) is 0 Å². The molecular formula is C27H22Cl2IN3O4. The Kier molecular flexibility index (Phi) is 10.6. The lowest BCUT2D eigenvalue weighted by atomic mass is 10.1. The Balaban J connectivity index is 1.72. The molecule has 0 fully saturated rings. The number of hydrogen-bond donors (Lipinski definition) is 2. The van der Waals surface area contributed by atoms with E-state index in [-0.39, 0.29) is 12.2 Å². The van der Waals surface area contributed by atoms with E-state index in [0.29, 0.717) is 49.5 Å². The van der Waals surface area contributed by atoms with Crippen molar-refractivity contribution in [2.75, 3.05) is 18.5 Å². The Morgan fingerprint density at radius 1 is 1.05 bits per heavy atom. The fourth-order valence-corrected chi connectivity index (χ4v) is 4.25. The highest BCUT2D eigenvalue weighted by Crippen LogP contribution is 2.35. The van der Waals surface area contributed by atoms with E-state index in [9.17, 15) is 14.9 Å². The van der Waals surface area contributed by atoms with E-state index < -0.39 is 11.8 Å². The van der Waals surface area contributed by atoms with E-state index in [4.69, 9.17) is 32.7 Å². The van der Waals surface area contributed by atoms with Crippen molar-refractivity contribution in [3.8, 4) is 17.6 Å². The van der Waals surface area contributed by atoms with Crippen LogP contribution in [0.2, 0.25) is 10.0 Å². The molecule has 0 bridgehead atoms. The maximum Gasteiger partial charge on any atom is 0.262 e. The fourth-order valence-electron chi connectivity index (χ4n) is 3.17. The van der Waals surface area contributed by atoms with Crippen LogP contribution in [0.4, 0.5) is 5.69 Å². The largest absolute Gasteiger partial charge is 0.490 e. The molecule has 0 spiro atoms. The second-order valence-electron chi connectivity index (χ2n) is 7.57. The molecule has 37 heavy (non-hydrogen) atoms. The average Bonchev–Trinajstić information content (AvgIpc) is 2.88. The molecule has 0 radical (unpaired) electrons. The van der Waals surface area contributed by atoms with Crippen molar-refractivity contribution in [2.24, 2.45) is 0 Å². The normalized spacial score (nSPS) is 10.8. The van der Waals surface area contributed by atoms with Crippen molar-refractivity contribution in [1.82, 2.24) is 5.32 Å². The van der Waals surface area contributed by atoms with Gasteiger partial charge in [0.05, 0.1) is 20.2 Å². The van der Waals surface area contributed by atoms with Crippen molar-refractivity contribution in [1.29, 1.82) is 5.26 Å². The summed E-state index contributed by atoms with van der Waals surface area (Å²) in [5.41, 5.74) is 1.93. The quantitative estimate of drug-likeness (QED) is 0.154. The summed E-state index contributed by atoms with van der Waals surface area (Å²) in [5, 5.41) is 15.7. The number of ether oxygens (including phenoxy) is 2. The van der Waals surface area contributed by atoms with Gasteiger partial charge in [0.25, 0.3) is 11.8 Å². The maximum atomic E-state index is 12.6. The summed E-state index contributed by atoms with van der Waals surface area (Å²) in [6, 6.07) is 19.5. The molecule has 0 unspecified atom stereocenters. The second-order valence-corrected chi connectivity index (χ2v) is 9.54. The second kappa shape index (κ2) is 13.9. The molecule has 190 valence electrons. The third-order valence-corrected chi connectivity index (χ3v) is 6.39. The Morgan fingerprint density at radius 3 is 2.49 bits per heavy atom. The zero-order valence-electron chi connectivity index (χ0n) is 19.7. The monoisotopic (exact) mass is 649 g/mol. The number of rotatable bonds is 10. The number of anilines is 1. The van der Waals surface area contributed by atoms with Gasteiger partial charge in [0.1, 0.15) is 11.6 Å². The summed E-state index contributed by atoms with van der Waals surface area (Å²) in [4.78, 5) is 25.0. The number of hydrogen-bond acceptors (Lipinski definition) is 5. The van der Waals surface area contributed by atoms with E-state index in [1.807, 2.05) is 65.9 Å². The number of nitrogens with one attached hydrogen (secondary N) is 2. The number of nitrogens with zero attached hydrogens (tertiary/aromatic N) is 1. The van der Waals surface area contributed by atoms with Crippen molar-refractivity contribution in [3.05, 3.63) is 91.0 Å². The Hall–Kier alpha value is -3.26. The van der Waals surface area contributed by atoms with Gasteiger partial charge in [-0.2, -0.15) is 5.26 Å². The Morgan fingerprint density at radius 2 is 1.81 bits per heavy atom. The molecular weight excluding hydrogens is 628 g/mol. The fraction of sp³-hybridized carbons (Fsp3) is 0.148. The topological polar surface area (TPSA) is 100 Å². The summed E-state index contributed by atoms with van der Waals surface area (Å²) in [6.45, 7) is 2.18. The van der Waals surface area contributed by atoms with Gasteiger partial charge in [0, 0.05) is 12.2 Å². The van der Waals surface area contributed by atoms with Gasteiger partial charge >= 0.3 is 0 Å². The van der Waals surface area contributed by atoms with Gasteiger partial charge in [-0.05, 0) is 77.0 Å². The molecule has 0 aliphatic rings. The molecule has 3 aromatic carbocycles. The zero-order valence-corrected chi connectivity index (χ0v) is 23.4. The Labute approximate surface area is 238 Å². The zero-order chi connectivity index (χ0) is 26.8. The van der Waals surface area contributed by atoms with Crippen LogP contribution in [0.15, 0.2) is 66.2 Å². The first-order valence-electron chi connectivity index (χ1n) is 11.1. The summed E-state index contributed by atoms with van der Waals surface area (Å²) in [5.74, 6) is -0.137.